The number of alkyl carbamates (subject to hydrolysis) is 1. The summed E-state index contributed by atoms with van der Waals surface area (Å²) in [5.74, 6) is 2.20. The number of nitrogens with zero attached hydrogens (tertiary/aromatic N) is 3. The molecule has 1 heterocycles. The number of ether oxygens (including phenoxy) is 1. The number of nitrogens with one attached hydrogen (secondary N) is 2. The van der Waals surface area contributed by atoms with E-state index in [0.717, 1.165) is 38.7 Å². The lowest BCUT2D eigenvalue weighted by Crippen LogP contribution is -2.49. The minimum atomic E-state index is -0.318. The number of carbonyl (C=O) groups is 1. The van der Waals surface area contributed by atoms with Gasteiger partial charge in [-0.2, -0.15) is 0 Å². The van der Waals surface area contributed by atoms with Gasteiger partial charge in [0.05, 0.1) is 12.6 Å². The normalized spacial score (nSPS) is 21.8. The summed E-state index contributed by atoms with van der Waals surface area (Å²) >= 11 is 0. The van der Waals surface area contributed by atoms with Gasteiger partial charge in [0.15, 0.2) is 5.96 Å². The largest absolute Gasteiger partial charge is 0.450 e. The van der Waals surface area contributed by atoms with Gasteiger partial charge in [-0.05, 0) is 51.1 Å². The summed E-state index contributed by atoms with van der Waals surface area (Å²) in [6, 6.07) is 0.111. The van der Waals surface area contributed by atoms with Gasteiger partial charge in [0.2, 0.25) is 0 Å². The second-order valence-corrected chi connectivity index (χ2v) is 7.32. The zero-order valence-corrected chi connectivity index (χ0v) is 17.0. The van der Waals surface area contributed by atoms with E-state index in [4.69, 9.17) is 4.74 Å². The summed E-state index contributed by atoms with van der Waals surface area (Å²) in [6.07, 6.45) is 3.24. The first-order valence-electron chi connectivity index (χ1n) is 10.2. The number of guanidine groups is 1. The Morgan fingerprint density at radius 2 is 2.00 bits per heavy atom. The average molecular weight is 368 g/mol. The molecule has 7 heteroatoms. The highest BCUT2D eigenvalue weighted by atomic mass is 16.5. The number of hydrogen-bond acceptors (Lipinski definition) is 4. The van der Waals surface area contributed by atoms with Crippen LogP contribution in [0.4, 0.5) is 4.79 Å². The number of carbonyl (C=O) groups excluding carboxylic acids is 1. The molecule has 1 saturated heterocycles. The fourth-order valence-electron chi connectivity index (χ4n) is 3.71. The van der Waals surface area contributed by atoms with Gasteiger partial charge >= 0.3 is 6.09 Å². The monoisotopic (exact) mass is 367 g/mol. The van der Waals surface area contributed by atoms with E-state index in [1.165, 1.54) is 19.3 Å². The van der Waals surface area contributed by atoms with E-state index < -0.39 is 0 Å². The molecule has 1 aliphatic carbocycles. The van der Waals surface area contributed by atoms with Crippen molar-refractivity contribution in [3.05, 3.63) is 0 Å². The molecule has 2 N–H and O–H groups in total. The van der Waals surface area contributed by atoms with E-state index >= 15 is 0 Å². The van der Waals surface area contributed by atoms with Crippen LogP contribution in [0.2, 0.25) is 0 Å². The number of aliphatic imine (C=N–C) groups is 1. The molecule has 2 aliphatic rings. The highest BCUT2D eigenvalue weighted by molar-refractivity contribution is 5.80. The summed E-state index contributed by atoms with van der Waals surface area (Å²) in [4.78, 5) is 21.1. The van der Waals surface area contributed by atoms with Crippen LogP contribution in [-0.2, 0) is 4.74 Å². The summed E-state index contributed by atoms with van der Waals surface area (Å²) in [7, 11) is 1.84. The van der Waals surface area contributed by atoms with Gasteiger partial charge in [-0.25, -0.2) is 4.79 Å². The molecule has 0 radical (unpaired) electrons. The fourth-order valence-corrected chi connectivity index (χ4v) is 3.71. The van der Waals surface area contributed by atoms with Gasteiger partial charge in [-0.3, -0.25) is 4.99 Å². The van der Waals surface area contributed by atoms with E-state index in [9.17, 15) is 4.79 Å². The lowest BCUT2D eigenvalue weighted by atomic mass is 10.1. The molecule has 1 amide bonds. The Morgan fingerprint density at radius 1 is 1.27 bits per heavy atom. The van der Waals surface area contributed by atoms with E-state index in [0.29, 0.717) is 25.0 Å². The van der Waals surface area contributed by atoms with Crippen molar-refractivity contribution in [3.8, 4) is 0 Å². The Hall–Kier alpha value is -1.50. The maximum absolute atomic E-state index is 11.8. The van der Waals surface area contributed by atoms with Crippen LogP contribution in [0.5, 0.6) is 0 Å². The molecule has 26 heavy (non-hydrogen) atoms. The Balaban J connectivity index is 1.80. The van der Waals surface area contributed by atoms with E-state index in [1.807, 2.05) is 14.0 Å². The number of amides is 1. The first-order valence-corrected chi connectivity index (χ1v) is 10.2. The van der Waals surface area contributed by atoms with Crippen molar-refractivity contribution < 1.29 is 9.53 Å². The summed E-state index contributed by atoms with van der Waals surface area (Å²) in [5, 5.41) is 6.47. The molecule has 0 spiro atoms. The van der Waals surface area contributed by atoms with Crippen molar-refractivity contribution in [1.29, 1.82) is 0 Å². The van der Waals surface area contributed by atoms with E-state index in [-0.39, 0.29) is 12.1 Å². The lowest BCUT2D eigenvalue weighted by molar-refractivity contribution is 0.146. The number of hydrogen-bond donors (Lipinski definition) is 2. The van der Waals surface area contributed by atoms with Crippen LogP contribution in [0, 0.1) is 11.8 Å². The molecule has 0 aromatic rings. The van der Waals surface area contributed by atoms with Gasteiger partial charge in [0.1, 0.15) is 0 Å². The third-order valence-corrected chi connectivity index (χ3v) is 5.46. The number of rotatable bonds is 9. The summed E-state index contributed by atoms with van der Waals surface area (Å²) < 4.78 is 5.03. The SMILES string of the molecule is CCOC(=O)NC(CNC(=NC)N1CCC(CN(CC)CC)C1)C1CC1. The van der Waals surface area contributed by atoms with E-state index in [2.05, 4.69) is 39.3 Å². The van der Waals surface area contributed by atoms with Gasteiger partial charge in [0, 0.05) is 33.2 Å². The molecule has 2 unspecified atom stereocenters. The second kappa shape index (κ2) is 10.6. The van der Waals surface area contributed by atoms with Gasteiger partial charge in [-0.15, -0.1) is 0 Å². The predicted octanol–water partition coefficient (Wildman–Crippen LogP) is 1.75. The zero-order chi connectivity index (χ0) is 18.9. The molecule has 1 saturated carbocycles. The maximum atomic E-state index is 11.8. The molecule has 1 aliphatic heterocycles. The van der Waals surface area contributed by atoms with Crippen LogP contribution in [0.15, 0.2) is 4.99 Å². The molecule has 0 aromatic heterocycles. The van der Waals surface area contributed by atoms with Gasteiger partial charge < -0.3 is 25.2 Å². The summed E-state index contributed by atoms with van der Waals surface area (Å²) in [5.41, 5.74) is 0. The van der Waals surface area contributed by atoms with Crippen molar-refractivity contribution in [2.75, 3.05) is 52.9 Å². The Morgan fingerprint density at radius 3 is 2.58 bits per heavy atom. The van der Waals surface area contributed by atoms with Crippen LogP contribution in [0.25, 0.3) is 0 Å². The van der Waals surface area contributed by atoms with Crippen LogP contribution >= 0.6 is 0 Å². The van der Waals surface area contributed by atoms with Crippen molar-refractivity contribution in [3.63, 3.8) is 0 Å². The average Bonchev–Trinajstić information content (AvgIpc) is 3.39. The van der Waals surface area contributed by atoms with Gasteiger partial charge in [-0.1, -0.05) is 13.8 Å². The lowest BCUT2D eigenvalue weighted by Gasteiger charge is -2.26. The smallest absolute Gasteiger partial charge is 0.407 e. The van der Waals surface area contributed by atoms with Crippen LogP contribution in [-0.4, -0.2) is 80.8 Å². The molecular weight excluding hydrogens is 330 g/mol. The molecule has 0 aromatic carbocycles. The first-order chi connectivity index (χ1) is 12.6. The number of likely N-dealkylation sites (tertiary alicyclic amines) is 1. The van der Waals surface area contributed by atoms with Gasteiger partial charge in [0.25, 0.3) is 0 Å². The highest BCUT2D eigenvalue weighted by Gasteiger charge is 2.33. The maximum Gasteiger partial charge on any atom is 0.407 e. The molecule has 7 nitrogen and oxygen atoms in total. The zero-order valence-electron chi connectivity index (χ0n) is 17.0. The minimum Gasteiger partial charge on any atom is -0.450 e. The fraction of sp³-hybridized carbons (Fsp3) is 0.895. The van der Waals surface area contributed by atoms with Crippen molar-refractivity contribution in [2.24, 2.45) is 16.8 Å². The standard InChI is InChI=1S/C19H37N5O2/c1-5-23(6-2)13-15-10-11-24(14-15)18(20-4)21-12-17(16-8-9-16)22-19(25)26-7-3/h15-17H,5-14H2,1-4H3,(H,20,21)(H,22,25). The molecular formula is C19H37N5O2. The van der Waals surface area contributed by atoms with Crippen LogP contribution in [0.3, 0.4) is 0 Å². The third kappa shape index (κ3) is 6.34. The van der Waals surface area contributed by atoms with Crippen molar-refractivity contribution in [2.45, 2.75) is 46.1 Å². The molecule has 0 bridgehead atoms. The Kier molecular flexibility index (Phi) is 8.48. The summed E-state index contributed by atoms with van der Waals surface area (Å²) in [6.45, 7) is 12.9. The second-order valence-electron chi connectivity index (χ2n) is 7.32. The van der Waals surface area contributed by atoms with Crippen molar-refractivity contribution >= 4 is 12.1 Å². The first kappa shape index (κ1) is 20.8. The minimum absolute atomic E-state index is 0.111. The third-order valence-electron chi connectivity index (χ3n) is 5.46. The molecule has 2 atom stereocenters. The molecule has 2 rings (SSSR count). The van der Waals surface area contributed by atoms with Crippen LogP contribution in [0.1, 0.15) is 40.0 Å². The van der Waals surface area contributed by atoms with Crippen LogP contribution < -0.4 is 10.6 Å². The Labute approximate surface area is 158 Å². The molecule has 150 valence electrons. The highest BCUT2D eigenvalue weighted by Crippen LogP contribution is 2.32. The molecule has 2 fully saturated rings. The predicted molar refractivity (Wildman–Crippen MR) is 105 cm³/mol. The van der Waals surface area contributed by atoms with E-state index in [1.54, 1.807) is 0 Å². The van der Waals surface area contributed by atoms with Crippen molar-refractivity contribution in [1.82, 2.24) is 20.4 Å². The topological polar surface area (TPSA) is 69.2 Å². The quantitative estimate of drug-likeness (QED) is 0.480. The Bertz CT molecular complexity index is 463.